The van der Waals surface area contributed by atoms with Crippen molar-refractivity contribution in [2.45, 2.75) is 85.0 Å². The van der Waals surface area contributed by atoms with Crippen LogP contribution in [0.25, 0.3) is 0 Å². The van der Waals surface area contributed by atoms with Crippen LogP contribution in [0.3, 0.4) is 0 Å². The molecule has 0 radical (unpaired) electrons. The highest BCUT2D eigenvalue weighted by Crippen LogP contribution is 2.27. The summed E-state index contributed by atoms with van der Waals surface area (Å²) in [6, 6.07) is 0. The Morgan fingerprint density at radius 1 is 1.00 bits per heavy atom. The molecule has 0 aromatic carbocycles. The topological polar surface area (TPSA) is 38.9 Å². The zero-order chi connectivity index (χ0) is 14.1. The van der Waals surface area contributed by atoms with Gasteiger partial charge in [0.05, 0.1) is 0 Å². The van der Waals surface area contributed by atoms with Crippen molar-refractivity contribution in [3.63, 3.8) is 0 Å². The molecule has 19 heavy (non-hydrogen) atoms. The molecule has 1 rings (SSSR count). The molecule has 0 saturated heterocycles. The molecule has 0 aliphatic carbocycles. The summed E-state index contributed by atoms with van der Waals surface area (Å²) in [5.74, 6) is 2.81. The van der Waals surface area contributed by atoms with Crippen LogP contribution in [0.5, 0.6) is 0 Å². The van der Waals surface area contributed by atoms with E-state index in [2.05, 4.69) is 37.8 Å². The Hall–Kier alpha value is -0.860. The van der Waals surface area contributed by atoms with E-state index in [0.717, 1.165) is 18.1 Å². The summed E-state index contributed by atoms with van der Waals surface area (Å²) in [7, 11) is 0. The predicted molar refractivity (Wildman–Crippen MR) is 79.2 cm³/mol. The molecule has 0 saturated carbocycles. The Kier molecular flexibility index (Phi) is 7.76. The van der Waals surface area contributed by atoms with Gasteiger partial charge >= 0.3 is 0 Å². The van der Waals surface area contributed by atoms with Gasteiger partial charge in [-0.1, -0.05) is 65.0 Å². The third-order valence-corrected chi connectivity index (χ3v) is 3.49. The Morgan fingerprint density at radius 2 is 1.68 bits per heavy atom. The molecule has 1 atom stereocenters. The Morgan fingerprint density at radius 3 is 2.32 bits per heavy atom. The highest BCUT2D eigenvalue weighted by molar-refractivity contribution is 4.94. The van der Waals surface area contributed by atoms with Gasteiger partial charge in [0.15, 0.2) is 5.82 Å². The number of unbranched alkanes of at least 4 members (excludes halogenated alkanes) is 3. The molecule has 0 spiro atoms. The molecule has 0 N–H and O–H groups in total. The molecule has 1 aromatic rings. The van der Waals surface area contributed by atoms with E-state index in [4.69, 9.17) is 4.52 Å². The molecule has 0 aliphatic rings. The SMILES string of the molecule is CCCCCC(CCCC)c1nc(CC(C)C)no1. The maximum atomic E-state index is 5.49. The number of hydrogen-bond acceptors (Lipinski definition) is 3. The van der Waals surface area contributed by atoms with Crippen molar-refractivity contribution in [2.75, 3.05) is 0 Å². The lowest BCUT2D eigenvalue weighted by Gasteiger charge is -2.11. The van der Waals surface area contributed by atoms with Crippen LogP contribution in [0, 0.1) is 5.92 Å². The first-order valence-corrected chi connectivity index (χ1v) is 7.99. The fourth-order valence-corrected chi connectivity index (χ4v) is 2.36. The fraction of sp³-hybridized carbons (Fsp3) is 0.875. The Balaban J connectivity index is 2.58. The number of rotatable bonds is 10. The van der Waals surface area contributed by atoms with E-state index < -0.39 is 0 Å². The van der Waals surface area contributed by atoms with Crippen LogP contribution < -0.4 is 0 Å². The quantitative estimate of drug-likeness (QED) is 0.551. The highest BCUT2D eigenvalue weighted by Gasteiger charge is 2.18. The first-order chi connectivity index (χ1) is 9.17. The van der Waals surface area contributed by atoms with Crippen LogP contribution >= 0.6 is 0 Å². The zero-order valence-electron chi connectivity index (χ0n) is 13.1. The van der Waals surface area contributed by atoms with Gasteiger partial charge in [-0.25, -0.2) is 0 Å². The Bertz CT molecular complexity index is 333. The highest BCUT2D eigenvalue weighted by atomic mass is 16.5. The normalized spacial score (nSPS) is 13.1. The third-order valence-electron chi connectivity index (χ3n) is 3.49. The summed E-state index contributed by atoms with van der Waals surface area (Å²) in [5, 5.41) is 4.13. The first kappa shape index (κ1) is 16.2. The average Bonchev–Trinajstić information content (AvgIpc) is 2.81. The minimum Gasteiger partial charge on any atom is -0.339 e. The van der Waals surface area contributed by atoms with E-state index in [-0.39, 0.29) is 0 Å². The second-order valence-electron chi connectivity index (χ2n) is 5.98. The minimum atomic E-state index is 0.472. The van der Waals surface area contributed by atoms with Crippen LogP contribution in [-0.4, -0.2) is 10.1 Å². The summed E-state index contributed by atoms with van der Waals surface area (Å²) in [6.45, 7) is 8.85. The molecule has 0 bridgehead atoms. The molecule has 0 aliphatic heterocycles. The van der Waals surface area contributed by atoms with Crippen molar-refractivity contribution in [1.82, 2.24) is 10.1 Å². The second-order valence-corrected chi connectivity index (χ2v) is 5.98. The lowest BCUT2D eigenvalue weighted by atomic mass is 9.95. The van der Waals surface area contributed by atoms with E-state index in [1.807, 2.05) is 0 Å². The lowest BCUT2D eigenvalue weighted by Crippen LogP contribution is -2.01. The van der Waals surface area contributed by atoms with Crippen LogP contribution in [0.15, 0.2) is 4.52 Å². The van der Waals surface area contributed by atoms with Crippen molar-refractivity contribution in [3.8, 4) is 0 Å². The molecule has 0 fully saturated rings. The van der Waals surface area contributed by atoms with Gasteiger partial charge in [-0.2, -0.15) is 4.98 Å². The molecule has 1 heterocycles. The van der Waals surface area contributed by atoms with Crippen LogP contribution in [0.1, 0.15) is 90.3 Å². The largest absolute Gasteiger partial charge is 0.339 e. The maximum Gasteiger partial charge on any atom is 0.229 e. The van der Waals surface area contributed by atoms with Crippen LogP contribution in [0.2, 0.25) is 0 Å². The molecule has 1 aromatic heterocycles. The zero-order valence-corrected chi connectivity index (χ0v) is 13.1. The summed E-state index contributed by atoms with van der Waals surface area (Å²) < 4.78 is 5.49. The smallest absolute Gasteiger partial charge is 0.229 e. The minimum absolute atomic E-state index is 0.472. The predicted octanol–water partition coefficient (Wildman–Crippen LogP) is 5.12. The van der Waals surface area contributed by atoms with E-state index in [1.54, 1.807) is 0 Å². The van der Waals surface area contributed by atoms with Crippen LogP contribution in [-0.2, 0) is 6.42 Å². The fourth-order valence-electron chi connectivity index (χ4n) is 2.36. The van der Waals surface area contributed by atoms with Gasteiger partial charge in [0, 0.05) is 12.3 Å². The number of aromatic nitrogens is 2. The molecule has 3 nitrogen and oxygen atoms in total. The maximum absolute atomic E-state index is 5.49. The Labute approximate surface area is 118 Å². The monoisotopic (exact) mass is 266 g/mol. The summed E-state index contributed by atoms with van der Waals surface area (Å²) in [5.41, 5.74) is 0. The lowest BCUT2D eigenvalue weighted by molar-refractivity contribution is 0.328. The van der Waals surface area contributed by atoms with Crippen molar-refractivity contribution < 1.29 is 4.52 Å². The van der Waals surface area contributed by atoms with E-state index in [0.29, 0.717) is 11.8 Å². The molecule has 110 valence electrons. The van der Waals surface area contributed by atoms with Gasteiger partial charge in [-0.15, -0.1) is 0 Å². The van der Waals surface area contributed by atoms with E-state index in [9.17, 15) is 0 Å². The van der Waals surface area contributed by atoms with Crippen molar-refractivity contribution in [1.29, 1.82) is 0 Å². The van der Waals surface area contributed by atoms with E-state index >= 15 is 0 Å². The molecule has 3 heteroatoms. The second kappa shape index (κ2) is 9.11. The molecule has 1 unspecified atom stereocenters. The summed E-state index contributed by atoms with van der Waals surface area (Å²) in [4.78, 5) is 4.60. The molecular weight excluding hydrogens is 236 g/mol. The van der Waals surface area contributed by atoms with Crippen molar-refractivity contribution in [2.24, 2.45) is 5.92 Å². The van der Waals surface area contributed by atoms with Crippen molar-refractivity contribution in [3.05, 3.63) is 11.7 Å². The van der Waals surface area contributed by atoms with Gasteiger partial charge in [-0.05, 0) is 18.8 Å². The summed E-state index contributed by atoms with van der Waals surface area (Å²) >= 11 is 0. The van der Waals surface area contributed by atoms with Gasteiger partial charge in [0.1, 0.15) is 0 Å². The molecular formula is C16H30N2O. The molecule has 0 amide bonds. The number of hydrogen-bond donors (Lipinski definition) is 0. The summed E-state index contributed by atoms with van der Waals surface area (Å²) in [6.07, 6.45) is 9.61. The first-order valence-electron chi connectivity index (χ1n) is 7.99. The van der Waals surface area contributed by atoms with E-state index in [1.165, 1.54) is 44.9 Å². The van der Waals surface area contributed by atoms with Gasteiger partial charge in [-0.3, -0.25) is 0 Å². The number of nitrogens with zero attached hydrogens (tertiary/aromatic N) is 2. The van der Waals surface area contributed by atoms with Crippen LogP contribution in [0.4, 0.5) is 0 Å². The van der Waals surface area contributed by atoms with Crippen molar-refractivity contribution >= 4 is 0 Å². The standard InChI is InChI=1S/C16H30N2O/c1-5-7-9-11-14(10-8-6-2)16-17-15(18-19-16)12-13(3)4/h13-14H,5-12H2,1-4H3. The van der Waals surface area contributed by atoms with Gasteiger partial charge in [0.25, 0.3) is 0 Å². The average molecular weight is 266 g/mol. The van der Waals surface area contributed by atoms with Gasteiger partial charge in [0.2, 0.25) is 5.89 Å². The van der Waals surface area contributed by atoms with Gasteiger partial charge < -0.3 is 4.52 Å². The third kappa shape index (κ3) is 6.22.